The summed E-state index contributed by atoms with van der Waals surface area (Å²) in [6.45, 7) is -0.0302. The number of ether oxygens (including phenoxy) is 2. The number of amides is 1. The molecule has 3 heterocycles. The van der Waals surface area contributed by atoms with Gasteiger partial charge in [0.05, 0.1) is 12.5 Å². The van der Waals surface area contributed by atoms with Gasteiger partial charge in [0.15, 0.2) is 0 Å². The minimum Gasteiger partial charge on any atom is -0.388 e. The maximum absolute atomic E-state index is 11.4. The van der Waals surface area contributed by atoms with Gasteiger partial charge in [0.25, 0.3) is 0 Å². The van der Waals surface area contributed by atoms with Gasteiger partial charge in [-0.25, -0.2) is 0 Å². The molecule has 10 nitrogen and oxygen atoms in total. The van der Waals surface area contributed by atoms with Crippen LogP contribution in [0.3, 0.4) is 0 Å². The fourth-order valence-electron chi connectivity index (χ4n) is 2.69. The number of aliphatic hydroxyl groups excluding tert-OH is 2. The Labute approximate surface area is 149 Å². The van der Waals surface area contributed by atoms with Crippen molar-refractivity contribution in [3.63, 3.8) is 0 Å². The molecule has 0 saturated carbocycles. The Morgan fingerprint density at radius 1 is 1.27 bits per heavy atom. The predicted octanol–water partition coefficient (Wildman–Crippen LogP) is -1.07. The molecular formula is C16H20N4O6. The van der Waals surface area contributed by atoms with Gasteiger partial charge in [0, 0.05) is 31.6 Å². The summed E-state index contributed by atoms with van der Waals surface area (Å²) in [5.74, 6) is 0.344. The Morgan fingerprint density at radius 2 is 2.00 bits per heavy atom. The quantitative estimate of drug-likeness (QED) is 0.560. The Bertz CT molecular complexity index is 725. The van der Waals surface area contributed by atoms with Crippen molar-refractivity contribution in [2.45, 2.75) is 30.8 Å². The summed E-state index contributed by atoms with van der Waals surface area (Å²) < 4.78 is 15.5. The molecule has 26 heavy (non-hydrogen) atoms. The molecule has 0 aliphatic carbocycles. The lowest BCUT2D eigenvalue weighted by molar-refractivity contribution is -0.125. The fourth-order valence-corrected chi connectivity index (χ4v) is 2.69. The third-order valence-corrected chi connectivity index (χ3v) is 4.02. The van der Waals surface area contributed by atoms with E-state index in [1.807, 2.05) is 0 Å². The van der Waals surface area contributed by atoms with Gasteiger partial charge in [-0.05, 0) is 12.1 Å². The van der Waals surface area contributed by atoms with E-state index in [1.54, 1.807) is 24.5 Å². The molecule has 0 bridgehead atoms. The number of nitrogens with one attached hydrogen (secondary N) is 1. The van der Waals surface area contributed by atoms with Gasteiger partial charge in [-0.2, -0.15) is 4.98 Å². The molecule has 2 aromatic rings. The molecule has 1 fully saturated rings. The third kappa shape index (κ3) is 4.22. The van der Waals surface area contributed by atoms with Crippen LogP contribution in [0.4, 0.5) is 0 Å². The van der Waals surface area contributed by atoms with E-state index >= 15 is 0 Å². The number of carbonyl (C=O) groups is 1. The Morgan fingerprint density at radius 3 is 2.73 bits per heavy atom. The van der Waals surface area contributed by atoms with Crippen LogP contribution in [0.2, 0.25) is 0 Å². The van der Waals surface area contributed by atoms with Gasteiger partial charge in [0.1, 0.15) is 24.9 Å². The van der Waals surface area contributed by atoms with E-state index in [1.165, 1.54) is 7.11 Å². The number of hydrogen-bond donors (Lipinski definition) is 3. The molecule has 0 unspecified atom stereocenters. The van der Waals surface area contributed by atoms with Crippen molar-refractivity contribution in [2.24, 2.45) is 0 Å². The Kier molecular flexibility index (Phi) is 5.89. The molecule has 1 aliphatic rings. The SMILES string of the molecule is COCC(=O)NC[C@@H]1O[C@@H](Cc2nc(-c3ccncc3)no2)[C@H](O)[C@@H]1O. The highest BCUT2D eigenvalue weighted by molar-refractivity contribution is 5.77. The lowest BCUT2D eigenvalue weighted by Crippen LogP contribution is -2.40. The summed E-state index contributed by atoms with van der Waals surface area (Å²) in [6.07, 6.45) is -0.347. The number of nitrogens with zero attached hydrogens (tertiary/aromatic N) is 3. The summed E-state index contributed by atoms with van der Waals surface area (Å²) in [4.78, 5) is 19.6. The van der Waals surface area contributed by atoms with E-state index in [0.29, 0.717) is 5.82 Å². The highest BCUT2D eigenvalue weighted by Gasteiger charge is 2.43. The zero-order chi connectivity index (χ0) is 18.5. The van der Waals surface area contributed by atoms with Crippen LogP contribution in [0, 0.1) is 0 Å². The summed E-state index contributed by atoms with van der Waals surface area (Å²) in [5, 5.41) is 26.7. The lowest BCUT2D eigenvalue weighted by atomic mass is 10.1. The molecule has 1 amide bonds. The van der Waals surface area contributed by atoms with Crippen LogP contribution in [-0.2, 0) is 20.7 Å². The van der Waals surface area contributed by atoms with E-state index in [-0.39, 0.29) is 31.4 Å². The van der Waals surface area contributed by atoms with Crippen molar-refractivity contribution in [1.82, 2.24) is 20.4 Å². The predicted molar refractivity (Wildman–Crippen MR) is 86.8 cm³/mol. The van der Waals surface area contributed by atoms with Crippen molar-refractivity contribution in [3.8, 4) is 11.4 Å². The fraction of sp³-hybridized carbons (Fsp3) is 0.500. The van der Waals surface area contributed by atoms with Crippen molar-refractivity contribution >= 4 is 5.91 Å². The van der Waals surface area contributed by atoms with Crippen molar-refractivity contribution in [2.75, 3.05) is 20.3 Å². The largest absolute Gasteiger partial charge is 0.388 e. The van der Waals surface area contributed by atoms with Gasteiger partial charge in [-0.15, -0.1) is 0 Å². The highest BCUT2D eigenvalue weighted by Crippen LogP contribution is 2.24. The summed E-state index contributed by atoms with van der Waals surface area (Å²) >= 11 is 0. The minimum absolute atomic E-state index is 0.0586. The van der Waals surface area contributed by atoms with Crippen LogP contribution in [0.15, 0.2) is 29.0 Å². The van der Waals surface area contributed by atoms with Crippen LogP contribution >= 0.6 is 0 Å². The first-order valence-electron chi connectivity index (χ1n) is 8.08. The van der Waals surface area contributed by atoms with Crippen molar-refractivity contribution in [1.29, 1.82) is 0 Å². The number of aromatic nitrogens is 3. The van der Waals surface area contributed by atoms with Crippen LogP contribution < -0.4 is 5.32 Å². The summed E-state index contributed by atoms with van der Waals surface area (Å²) in [5.41, 5.74) is 0.752. The molecular weight excluding hydrogens is 344 g/mol. The summed E-state index contributed by atoms with van der Waals surface area (Å²) in [7, 11) is 1.41. The van der Waals surface area contributed by atoms with E-state index < -0.39 is 24.4 Å². The summed E-state index contributed by atoms with van der Waals surface area (Å²) in [6, 6.07) is 3.50. The number of methoxy groups -OCH3 is 1. The lowest BCUT2D eigenvalue weighted by Gasteiger charge is -2.15. The Balaban J connectivity index is 1.58. The molecule has 0 spiro atoms. The normalized spacial score (nSPS) is 25.3. The van der Waals surface area contributed by atoms with Crippen LogP contribution in [-0.4, -0.2) is 75.9 Å². The Hall–Kier alpha value is -2.40. The third-order valence-electron chi connectivity index (χ3n) is 4.02. The number of rotatable bonds is 7. The molecule has 1 saturated heterocycles. The van der Waals surface area contributed by atoms with Crippen LogP contribution in [0.1, 0.15) is 5.89 Å². The van der Waals surface area contributed by atoms with E-state index in [9.17, 15) is 15.0 Å². The monoisotopic (exact) mass is 364 g/mol. The average Bonchev–Trinajstić information content (AvgIpc) is 3.22. The standard InChI is InChI=1S/C16H20N4O6/c1-24-8-12(21)18-7-11-15(23)14(22)10(25-11)6-13-19-16(20-26-13)9-2-4-17-5-3-9/h2-5,10-11,14-15,22-23H,6-8H2,1H3,(H,18,21)/t10-,11-,14-,15+/m0/s1. The van der Waals surface area contributed by atoms with Gasteiger partial charge in [-0.1, -0.05) is 5.16 Å². The molecule has 2 aromatic heterocycles. The van der Waals surface area contributed by atoms with E-state index in [2.05, 4.69) is 20.4 Å². The smallest absolute Gasteiger partial charge is 0.246 e. The van der Waals surface area contributed by atoms with E-state index in [4.69, 9.17) is 14.0 Å². The maximum atomic E-state index is 11.4. The molecule has 140 valence electrons. The van der Waals surface area contributed by atoms with Gasteiger partial charge in [-0.3, -0.25) is 9.78 Å². The van der Waals surface area contributed by atoms with Gasteiger partial charge in [0.2, 0.25) is 17.6 Å². The second-order valence-electron chi connectivity index (χ2n) is 5.88. The van der Waals surface area contributed by atoms with Crippen molar-refractivity contribution < 1.29 is 29.0 Å². The average molecular weight is 364 g/mol. The zero-order valence-corrected chi connectivity index (χ0v) is 14.1. The topological polar surface area (TPSA) is 140 Å². The van der Waals surface area contributed by atoms with Crippen molar-refractivity contribution in [3.05, 3.63) is 30.4 Å². The molecule has 10 heteroatoms. The van der Waals surface area contributed by atoms with Crippen LogP contribution in [0.5, 0.6) is 0 Å². The highest BCUT2D eigenvalue weighted by atomic mass is 16.5. The molecule has 3 rings (SSSR count). The van der Waals surface area contributed by atoms with Gasteiger partial charge >= 0.3 is 0 Å². The first kappa shape index (κ1) is 18.4. The van der Waals surface area contributed by atoms with Crippen LogP contribution in [0.25, 0.3) is 11.4 Å². The first-order valence-corrected chi connectivity index (χ1v) is 8.08. The molecule has 3 N–H and O–H groups in total. The molecule has 4 atom stereocenters. The first-order chi connectivity index (χ1) is 12.6. The zero-order valence-electron chi connectivity index (χ0n) is 14.1. The van der Waals surface area contributed by atoms with Gasteiger partial charge < -0.3 is 29.5 Å². The maximum Gasteiger partial charge on any atom is 0.246 e. The molecule has 0 aromatic carbocycles. The number of hydrogen-bond acceptors (Lipinski definition) is 9. The second kappa shape index (κ2) is 8.32. The molecule has 0 radical (unpaired) electrons. The van der Waals surface area contributed by atoms with E-state index in [0.717, 1.165) is 5.56 Å². The minimum atomic E-state index is -1.13. The number of pyridine rings is 1. The second-order valence-corrected chi connectivity index (χ2v) is 5.88. The number of carbonyl (C=O) groups excluding carboxylic acids is 1. The number of aliphatic hydroxyl groups is 2. The molecule has 1 aliphatic heterocycles.